The number of nitrogens with zero attached hydrogens (tertiary/aromatic N) is 3. The molecule has 0 saturated carbocycles. The van der Waals surface area contributed by atoms with E-state index >= 15 is 0 Å². The van der Waals surface area contributed by atoms with Crippen LogP contribution in [0, 0.1) is 0 Å². The molecule has 1 heterocycles. The predicted molar refractivity (Wildman–Crippen MR) is 94.4 cm³/mol. The van der Waals surface area contributed by atoms with Gasteiger partial charge >= 0.3 is 0 Å². The van der Waals surface area contributed by atoms with Crippen LogP contribution in [0.25, 0.3) is 16.6 Å². The van der Waals surface area contributed by atoms with Gasteiger partial charge in [-0.05, 0) is 37.6 Å². The Labute approximate surface area is 134 Å². The summed E-state index contributed by atoms with van der Waals surface area (Å²) in [5, 5.41) is 4.87. The van der Waals surface area contributed by atoms with Crippen LogP contribution in [0.4, 0.5) is 5.95 Å². The summed E-state index contributed by atoms with van der Waals surface area (Å²) in [5.74, 6) is 0.410. The van der Waals surface area contributed by atoms with Crippen molar-refractivity contribution in [2.24, 2.45) is 5.10 Å². The average molecular weight is 306 g/mol. The monoisotopic (exact) mass is 306 g/mol. The highest BCUT2D eigenvalue weighted by molar-refractivity contribution is 5.82. The lowest BCUT2D eigenvalue weighted by Gasteiger charge is -2.13. The summed E-state index contributed by atoms with van der Waals surface area (Å²) in [4.78, 5) is 17.5. The molecule has 0 aliphatic carbocycles. The van der Waals surface area contributed by atoms with Crippen LogP contribution in [0.5, 0.6) is 0 Å². The van der Waals surface area contributed by atoms with Crippen LogP contribution in [0.3, 0.4) is 0 Å². The molecular formula is C18H18N4O. The third-order valence-electron chi connectivity index (χ3n) is 3.65. The second-order valence-corrected chi connectivity index (χ2v) is 5.24. The first-order chi connectivity index (χ1) is 11.2. The molecule has 0 unspecified atom stereocenters. The Morgan fingerprint density at radius 2 is 1.83 bits per heavy atom. The number of hydrogen-bond acceptors (Lipinski definition) is 4. The molecular weight excluding hydrogens is 288 g/mol. The van der Waals surface area contributed by atoms with Gasteiger partial charge in [-0.15, -0.1) is 0 Å². The fourth-order valence-electron chi connectivity index (χ4n) is 2.25. The zero-order chi connectivity index (χ0) is 16.2. The van der Waals surface area contributed by atoms with Crippen molar-refractivity contribution in [1.29, 1.82) is 0 Å². The molecule has 0 amide bonds. The Morgan fingerprint density at radius 1 is 1.13 bits per heavy atom. The number of hydrazone groups is 1. The summed E-state index contributed by atoms with van der Waals surface area (Å²) >= 11 is 0. The number of aromatic nitrogens is 2. The van der Waals surface area contributed by atoms with Crippen molar-refractivity contribution in [2.75, 3.05) is 5.43 Å². The summed E-state index contributed by atoms with van der Waals surface area (Å²) < 4.78 is 1.55. The molecule has 0 fully saturated rings. The van der Waals surface area contributed by atoms with E-state index in [2.05, 4.69) is 15.5 Å². The van der Waals surface area contributed by atoms with Crippen molar-refractivity contribution < 1.29 is 0 Å². The normalized spacial score (nSPS) is 11.7. The zero-order valence-corrected chi connectivity index (χ0v) is 13.2. The molecule has 0 saturated heterocycles. The van der Waals surface area contributed by atoms with Gasteiger partial charge in [-0.3, -0.25) is 4.79 Å². The Balaban J connectivity index is 2.26. The van der Waals surface area contributed by atoms with Crippen LogP contribution in [0.1, 0.15) is 20.3 Å². The highest BCUT2D eigenvalue weighted by Gasteiger charge is 2.12. The van der Waals surface area contributed by atoms with Gasteiger partial charge in [0.1, 0.15) is 0 Å². The summed E-state index contributed by atoms with van der Waals surface area (Å²) in [6, 6.07) is 16.8. The number of anilines is 1. The van der Waals surface area contributed by atoms with Crippen LogP contribution >= 0.6 is 0 Å². The van der Waals surface area contributed by atoms with E-state index in [-0.39, 0.29) is 5.56 Å². The summed E-state index contributed by atoms with van der Waals surface area (Å²) in [6.07, 6.45) is 0.830. The van der Waals surface area contributed by atoms with E-state index in [4.69, 9.17) is 0 Å². The van der Waals surface area contributed by atoms with Crippen LogP contribution in [0.15, 0.2) is 64.5 Å². The Morgan fingerprint density at radius 3 is 2.57 bits per heavy atom. The van der Waals surface area contributed by atoms with Crippen LogP contribution in [-0.2, 0) is 0 Å². The molecule has 0 radical (unpaired) electrons. The van der Waals surface area contributed by atoms with Gasteiger partial charge in [0.2, 0.25) is 5.95 Å². The van der Waals surface area contributed by atoms with Gasteiger partial charge in [-0.2, -0.15) is 5.10 Å². The Kier molecular flexibility index (Phi) is 4.19. The zero-order valence-electron chi connectivity index (χ0n) is 13.2. The van der Waals surface area contributed by atoms with E-state index in [9.17, 15) is 4.79 Å². The van der Waals surface area contributed by atoms with Gasteiger partial charge in [0.15, 0.2) is 0 Å². The smallest absolute Gasteiger partial charge is 0.267 e. The lowest BCUT2D eigenvalue weighted by Crippen LogP contribution is -2.22. The SMILES string of the molecule is CC/C(C)=N/Nc1nc2ccccc2c(=O)n1-c1ccccc1. The summed E-state index contributed by atoms with van der Waals surface area (Å²) in [6.45, 7) is 3.96. The van der Waals surface area contributed by atoms with Crippen molar-refractivity contribution in [3.05, 3.63) is 65.0 Å². The molecule has 2 aromatic carbocycles. The number of nitrogens with one attached hydrogen (secondary N) is 1. The lowest BCUT2D eigenvalue weighted by molar-refractivity contribution is 0.953. The van der Waals surface area contributed by atoms with E-state index in [1.807, 2.05) is 62.4 Å². The minimum atomic E-state index is -0.117. The van der Waals surface area contributed by atoms with Gasteiger partial charge in [0.25, 0.3) is 5.56 Å². The quantitative estimate of drug-likeness (QED) is 0.592. The van der Waals surface area contributed by atoms with Crippen molar-refractivity contribution in [2.45, 2.75) is 20.3 Å². The van der Waals surface area contributed by atoms with Crippen LogP contribution < -0.4 is 11.0 Å². The Hall–Kier alpha value is -2.95. The number of rotatable bonds is 4. The van der Waals surface area contributed by atoms with E-state index in [1.54, 1.807) is 10.6 Å². The average Bonchev–Trinajstić information content (AvgIpc) is 2.60. The van der Waals surface area contributed by atoms with Gasteiger partial charge in [0.05, 0.1) is 16.6 Å². The summed E-state index contributed by atoms with van der Waals surface area (Å²) in [7, 11) is 0. The molecule has 0 spiro atoms. The van der Waals surface area contributed by atoms with E-state index < -0.39 is 0 Å². The second-order valence-electron chi connectivity index (χ2n) is 5.24. The fourth-order valence-corrected chi connectivity index (χ4v) is 2.25. The standard InChI is InChI=1S/C18H18N4O/c1-3-13(2)20-21-18-19-16-12-8-7-11-15(16)17(23)22(18)14-9-5-4-6-10-14/h4-12H,3H2,1-2H3,(H,19,21)/b20-13+. The molecule has 0 aliphatic rings. The maximum Gasteiger partial charge on any atom is 0.267 e. The third kappa shape index (κ3) is 2.99. The van der Waals surface area contributed by atoms with Crippen molar-refractivity contribution in [3.63, 3.8) is 0 Å². The number of para-hydroxylation sites is 2. The molecule has 1 N–H and O–H groups in total. The molecule has 0 bridgehead atoms. The molecule has 0 aliphatic heterocycles. The molecule has 5 nitrogen and oxygen atoms in total. The van der Waals surface area contributed by atoms with E-state index in [0.29, 0.717) is 16.9 Å². The number of hydrogen-bond donors (Lipinski definition) is 1. The molecule has 3 rings (SSSR count). The number of fused-ring (bicyclic) bond motifs is 1. The Bertz CT molecular complexity index is 913. The second kappa shape index (κ2) is 6.44. The van der Waals surface area contributed by atoms with Gasteiger partial charge in [-0.1, -0.05) is 37.3 Å². The van der Waals surface area contributed by atoms with Crippen LogP contribution in [0.2, 0.25) is 0 Å². The van der Waals surface area contributed by atoms with Crippen molar-refractivity contribution in [3.8, 4) is 5.69 Å². The topological polar surface area (TPSA) is 59.3 Å². The van der Waals surface area contributed by atoms with Crippen LogP contribution in [-0.4, -0.2) is 15.3 Å². The molecule has 5 heteroatoms. The molecule has 3 aromatic rings. The highest BCUT2D eigenvalue weighted by atomic mass is 16.1. The lowest BCUT2D eigenvalue weighted by atomic mass is 10.2. The van der Waals surface area contributed by atoms with Crippen molar-refractivity contribution >= 4 is 22.6 Å². The molecule has 116 valence electrons. The molecule has 23 heavy (non-hydrogen) atoms. The van der Waals surface area contributed by atoms with Crippen molar-refractivity contribution in [1.82, 2.24) is 9.55 Å². The molecule has 0 atom stereocenters. The van der Waals surface area contributed by atoms with Gasteiger partial charge < -0.3 is 0 Å². The maximum absolute atomic E-state index is 12.9. The first kappa shape index (κ1) is 15.0. The largest absolute Gasteiger partial charge is 0.268 e. The minimum absolute atomic E-state index is 0.117. The third-order valence-corrected chi connectivity index (χ3v) is 3.65. The highest BCUT2D eigenvalue weighted by Crippen LogP contribution is 2.16. The van der Waals surface area contributed by atoms with E-state index in [1.165, 1.54) is 0 Å². The number of benzene rings is 2. The minimum Gasteiger partial charge on any atom is -0.268 e. The van der Waals surface area contributed by atoms with Gasteiger partial charge in [0, 0.05) is 5.71 Å². The maximum atomic E-state index is 12.9. The summed E-state index contributed by atoms with van der Waals surface area (Å²) in [5.41, 5.74) is 5.16. The fraction of sp³-hybridized carbons (Fsp3) is 0.167. The van der Waals surface area contributed by atoms with Gasteiger partial charge in [-0.25, -0.2) is 15.0 Å². The molecule has 1 aromatic heterocycles. The predicted octanol–water partition coefficient (Wildman–Crippen LogP) is 3.58. The first-order valence-electron chi connectivity index (χ1n) is 7.57. The first-order valence-corrected chi connectivity index (χ1v) is 7.57. The van der Waals surface area contributed by atoms with E-state index in [0.717, 1.165) is 17.8 Å².